The third-order valence-electron chi connectivity index (χ3n) is 7.39. The summed E-state index contributed by atoms with van der Waals surface area (Å²) in [6.45, 7) is 2.01. The summed E-state index contributed by atoms with van der Waals surface area (Å²) in [6, 6.07) is 5.84. The molecule has 1 aromatic carbocycles. The SMILES string of the molecule is C=S(C)(=O)N1CCc2[nH]nc(C(=O)N3C[C@H]4CC(c5ccccc5C(F)(F)F)C[C@H]4C3)c2C1. The molecule has 178 valence electrons. The van der Waals surface area contributed by atoms with Crippen LogP contribution >= 0.6 is 0 Å². The van der Waals surface area contributed by atoms with E-state index in [1.807, 2.05) is 0 Å². The van der Waals surface area contributed by atoms with Crippen molar-refractivity contribution in [1.82, 2.24) is 19.4 Å². The highest BCUT2D eigenvalue weighted by atomic mass is 32.2. The fraction of sp³-hybridized carbons (Fsp3) is 0.522. The van der Waals surface area contributed by atoms with Gasteiger partial charge in [-0.1, -0.05) is 18.2 Å². The first-order valence-corrected chi connectivity index (χ1v) is 13.2. The van der Waals surface area contributed by atoms with Crippen LogP contribution in [-0.2, 0) is 28.8 Å². The van der Waals surface area contributed by atoms with Crippen LogP contribution in [0, 0.1) is 11.8 Å². The summed E-state index contributed by atoms with van der Waals surface area (Å²) in [7, 11) is -2.38. The number of H-pyrrole nitrogens is 1. The topological polar surface area (TPSA) is 69.3 Å². The zero-order chi connectivity index (χ0) is 23.5. The van der Waals surface area contributed by atoms with E-state index in [-0.39, 0.29) is 23.7 Å². The number of rotatable bonds is 3. The largest absolute Gasteiger partial charge is 0.416 e. The van der Waals surface area contributed by atoms with E-state index in [1.165, 1.54) is 6.07 Å². The number of benzene rings is 1. The van der Waals surface area contributed by atoms with E-state index >= 15 is 0 Å². The monoisotopic (exact) mass is 480 g/mol. The molecule has 6 nitrogen and oxygen atoms in total. The maximum atomic E-state index is 13.5. The van der Waals surface area contributed by atoms with Crippen LogP contribution in [0.5, 0.6) is 0 Å². The molecule has 1 N–H and O–H groups in total. The van der Waals surface area contributed by atoms with Gasteiger partial charge in [0.25, 0.3) is 5.91 Å². The number of amides is 1. The summed E-state index contributed by atoms with van der Waals surface area (Å²) >= 11 is 0. The molecular formula is C23H27F3N4O2S. The molecule has 2 unspecified atom stereocenters. The number of aromatic amines is 1. The van der Waals surface area contributed by atoms with Gasteiger partial charge in [-0.2, -0.15) is 18.3 Å². The quantitative estimate of drug-likeness (QED) is 0.686. The molecule has 3 heterocycles. The van der Waals surface area contributed by atoms with Crippen LogP contribution in [0.15, 0.2) is 24.3 Å². The lowest BCUT2D eigenvalue weighted by Crippen LogP contribution is -2.36. The number of likely N-dealkylation sites (tertiary alicyclic amines) is 1. The Morgan fingerprint density at radius 2 is 1.88 bits per heavy atom. The van der Waals surface area contributed by atoms with Crippen LogP contribution in [0.25, 0.3) is 0 Å². The average Bonchev–Trinajstić information content (AvgIpc) is 3.44. The number of nitrogens with zero attached hydrogens (tertiary/aromatic N) is 3. The van der Waals surface area contributed by atoms with Crippen LogP contribution in [0.4, 0.5) is 13.2 Å². The molecule has 1 aromatic heterocycles. The number of hydrogen-bond donors (Lipinski definition) is 1. The predicted molar refractivity (Wildman–Crippen MR) is 120 cm³/mol. The van der Waals surface area contributed by atoms with E-state index in [4.69, 9.17) is 0 Å². The maximum absolute atomic E-state index is 13.5. The first-order valence-electron chi connectivity index (χ1n) is 11.1. The van der Waals surface area contributed by atoms with E-state index in [9.17, 15) is 22.2 Å². The number of hydrogen-bond acceptors (Lipinski definition) is 3. The second-order valence-electron chi connectivity index (χ2n) is 9.59. The predicted octanol–water partition coefficient (Wildman–Crippen LogP) is 3.31. The minimum atomic E-state index is -4.36. The summed E-state index contributed by atoms with van der Waals surface area (Å²) in [6.07, 6.45) is -0.851. The van der Waals surface area contributed by atoms with E-state index in [0.717, 1.165) is 17.3 Å². The fourth-order valence-corrected chi connectivity index (χ4v) is 6.64. The molecule has 0 spiro atoms. The van der Waals surface area contributed by atoms with Crippen molar-refractivity contribution in [2.45, 2.75) is 37.9 Å². The Labute approximate surface area is 191 Å². The van der Waals surface area contributed by atoms with Gasteiger partial charge in [0.15, 0.2) is 5.69 Å². The molecule has 10 heteroatoms. The van der Waals surface area contributed by atoms with Gasteiger partial charge in [-0.3, -0.25) is 14.1 Å². The molecule has 0 radical (unpaired) electrons. The van der Waals surface area contributed by atoms with Gasteiger partial charge in [0.1, 0.15) is 0 Å². The van der Waals surface area contributed by atoms with Crippen LogP contribution in [0.2, 0.25) is 0 Å². The minimum absolute atomic E-state index is 0.142. The maximum Gasteiger partial charge on any atom is 0.416 e. The van der Waals surface area contributed by atoms with Gasteiger partial charge in [-0.15, -0.1) is 0 Å². The van der Waals surface area contributed by atoms with E-state index in [1.54, 1.807) is 27.6 Å². The van der Waals surface area contributed by atoms with Crippen molar-refractivity contribution in [3.63, 3.8) is 0 Å². The third kappa shape index (κ3) is 4.07. The Balaban J connectivity index is 1.30. The van der Waals surface area contributed by atoms with Crippen molar-refractivity contribution in [2.75, 3.05) is 25.9 Å². The van der Waals surface area contributed by atoms with Crippen molar-refractivity contribution < 1.29 is 22.2 Å². The highest BCUT2D eigenvalue weighted by molar-refractivity contribution is 7.97. The van der Waals surface area contributed by atoms with E-state index < -0.39 is 21.4 Å². The lowest BCUT2D eigenvalue weighted by molar-refractivity contribution is -0.138. The van der Waals surface area contributed by atoms with Crippen molar-refractivity contribution in [3.05, 3.63) is 52.3 Å². The lowest BCUT2D eigenvalue weighted by Gasteiger charge is -2.28. The average molecular weight is 481 g/mol. The molecule has 3 aliphatic rings. The molecule has 5 rings (SSSR count). The van der Waals surface area contributed by atoms with Crippen molar-refractivity contribution in [2.24, 2.45) is 11.8 Å². The molecule has 33 heavy (non-hydrogen) atoms. The number of halogens is 3. The Morgan fingerprint density at radius 3 is 2.52 bits per heavy atom. The molecule has 2 fully saturated rings. The molecule has 1 amide bonds. The normalized spacial score (nSPS) is 27.3. The molecule has 1 saturated carbocycles. The highest BCUT2D eigenvalue weighted by Crippen LogP contribution is 2.49. The zero-order valence-corrected chi connectivity index (χ0v) is 19.2. The van der Waals surface area contributed by atoms with Gasteiger partial charge in [0.05, 0.1) is 5.56 Å². The standard InChI is InChI=1S/C23H27F3N4O2S/c1-33(2,32)30-8-7-20-18(13-30)21(28-27-20)22(31)29-11-15-9-14(10-16(15)12-29)17-5-3-4-6-19(17)23(24,25)26/h3-6,14-16H,1,7-13H2,2H3,(H,27,28)/t14?,15-,16+,33?. The number of alkyl halides is 3. The zero-order valence-electron chi connectivity index (χ0n) is 18.4. The number of fused-ring (bicyclic) bond motifs is 2. The molecule has 4 atom stereocenters. The van der Waals surface area contributed by atoms with Gasteiger partial charge in [0, 0.05) is 59.8 Å². The molecule has 1 aliphatic carbocycles. The number of carbonyl (C=O) groups is 1. The summed E-state index contributed by atoms with van der Waals surface area (Å²) in [5.74, 6) is 3.81. The number of carbonyl (C=O) groups excluding carboxylic acids is 1. The first-order chi connectivity index (χ1) is 15.5. The second-order valence-corrected chi connectivity index (χ2v) is 12.0. The lowest BCUT2D eigenvalue weighted by atomic mass is 9.91. The van der Waals surface area contributed by atoms with Gasteiger partial charge >= 0.3 is 6.18 Å². The molecule has 1 saturated heterocycles. The summed E-state index contributed by atoms with van der Waals surface area (Å²) in [5.41, 5.74) is 1.85. The smallest absolute Gasteiger partial charge is 0.337 e. The van der Waals surface area contributed by atoms with Crippen LogP contribution in [-0.4, -0.2) is 61.3 Å². The number of aromatic nitrogens is 2. The first kappa shape index (κ1) is 22.5. The fourth-order valence-electron chi connectivity index (χ4n) is 5.76. The van der Waals surface area contributed by atoms with Crippen LogP contribution in [0.3, 0.4) is 0 Å². The molecular weight excluding hydrogens is 453 g/mol. The molecule has 2 aliphatic heterocycles. The van der Waals surface area contributed by atoms with Gasteiger partial charge < -0.3 is 4.90 Å². The van der Waals surface area contributed by atoms with Gasteiger partial charge in [0.2, 0.25) is 0 Å². The Kier molecular flexibility index (Phi) is 5.36. The third-order valence-corrected chi connectivity index (χ3v) is 8.80. The summed E-state index contributed by atoms with van der Waals surface area (Å²) in [4.78, 5) is 15.1. The number of nitrogens with one attached hydrogen (secondary N) is 1. The minimum Gasteiger partial charge on any atom is -0.337 e. The Morgan fingerprint density at radius 1 is 1.21 bits per heavy atom. The van der Waals surface area contributed by atoms with Gasteiger partial charge in [-0.25, -0.2) is 4.31 Å². The van der Waals surface area contributed by atoms with Crippen molar-refractivity contribution in [1.29, 1.82) is 0 Å². The van der Waals surface area contributed by atoms with Crippen molar-refractivity contribution in [3.8, 4) is 0 Å². The molecule has 2 aromatic rings. The summed E-state index contributed by atoms with van der Waals surface area (Å²) < 4.78 is 54.6. The Hall–Kier alpha value is -2.33. The summed E-state index contributed by atoms with van der Waals surface area (Å²) in [5, 5.41) is 7.23. The highest BCUT2D eigenvalue weighted by Gasteiger charge is 2.45. The van der Waals surface area contributed by atoms with Crippen LogP contribution < -0.4 is 0 Å². The van der Waals surface area contributed by atoms with Crippen LogP contribution in [0.1, 0.15) is 51.6 Å². The second kappa shape index (κ2) is 7.87. The van der Waals surface area contributed by atoms with Gasteiger partial charge in [-0.05, 0) is 48.1 Å². The van der Waals surface area contributed by atoms with E-state index in [2.05, 4.69) is 16.1 Å². The molecule has 0 bridgehead atoms. The van der Waals surface area contributed by atoms with E-state index in [0.29, 0.717) is 56.7 Å². The Bertz CT molecular complexity index is 1180. The van der Waals surface area contributed by atoms with Crippen molar-refractivity contribution >= 4 is 21.5 Å².